The van der Waals surface area contributed by atoms with Gasteiger partial charge in [0.25, 0.3) is 5.91 Å². The Labute approximate surface area is 134 Å². The van der Waals surface area contributed by atoms with Gasteiger partial charge in [0, 0.05) is 24.0 Å². The van der Waals surface area contributed by atoms with Gasteiger partial charge in [-0.3, -0.25) is 4.79 Å². The van der Waals surface area contributed by atoms with Crippen LogP contribution >= 0.6 is 0 Å². The molecule has 2 rings (SSSR count). The van der Waals surface area contributed by atoms with E-state index >= 15 is 0 Å². The number of furan rings is 1. The van der Waals surface area contributed by atoms with E-state index in [-0.39, 0.29) is 12.5 Å². The van der Waals surface area contributed by atoms with Gasteiger partial charge in [0.1, 0.15) is 5.76 Å². The number of hydrogen-bond donors (Lipinski definition) is 1. The van der Waals surface area contributed by atoms with Crippen LogP contribution in [0.2, 0.25) is 0 Å². The summed E-state index contributed by atoms with van der Waals surface area (Å²) in [5, 5.41) is 2.75. The van der Waals surface area contributed by atoms with Crippen molar-refractivity contribution in [2.45, 2.75) is 20.4 Å². The molecule has 0 aliphatic heterocycles. The molecule has 0 saturated carbocycles. The lowest BCUT2D eigenvalue weighted by atomic mass is 10.2. The number of methoxy groups -OCH3 is 1. The molecule has 1 amide bonds. The summed E-state index contributed by atoms with van der Waals surface area (Å²) in [6.45, 7) is 4.69. The highest BCUT2D eigenvalue weighted by atomic mass is 16.5. The first-order valence-electron chi connectivity index (χ1n) is 7.24. The van der Waals surface area contributed by atoms with Crippen LogP contribution in [0.15, 0.2) is 41.0 Å². The molecule has 2 heterocycles. The average molecular weight is 316 g/mol. The SMILES string of the molecule is COC(=O)/C=C/CNC(=O)c1cc(C)n(Cc2ccco2)c1C. The molecule has 2 aromatic heterocycles. The number of nitrogens with one attached hydrogen (secondary N) is 1. The topological polar surface area (TPSA) is 73.5 Å². The first-order chi connectivity index (χ1) is 11.0. The lowest BCUT2D eigenvalue weighted by Gasteiger charge is -2.08. The van der Waals surface area contributed by atoms with Crippen LogP contribution in [0.25, 0.3) is 0 Å². The number of nitrogens with zero attached hydrogens (tertiary/aromatic N) is 1. The summed E-state index contributed by atoms with van der Waals surface area (Å²) in [6.07, 6.45) is 4.46. The fourth-order valence-corrected chi connectivity index (χ4v) is 2.30. The third-order valence-corrected chi connectivity index (χ3v) is 3.55. The van der Waals surface area contributed by atoms with E-state index in [2.05, 4.69) is 10.1 Å². The molecule has 6 nitrogen and oxygen atoms in total. The molecule has 0 aliphatic carbocycles. The quantitative estimate of drug-likeness (QED) is 0.655. The summed E-state index contributed by atoms with van der Waals surface area (Å²) >= 11 is 0. The number of esters is 1. The van der Waals surface area contributed by atoms with E-state index in [9.17, 15) is 9.59 Å². The van der Waals surface area contributed by atoms with E-state index in [1.165, 1.54) is 13.2 Å². The van der Waals surface area contributed by atoms with Gasteiger partial charge in [-0.25, -0.2) is 4.79 Å². The van der Waals surface area contributed by atoms with Crippen molar-refractivity contribution in [1.29, 1.82) is 0 Å². The number of aryl methyl sites for hydroxylation is 1. The van der Waals surface area contributed by atoms with Crippen molar-refractivity contribution in [3.05, 3.63) is 59.3 Å². The van der Waals surface area contributed by atoms with Gasteiger partial charge < -0.3 is 19.0 Å². The molecule has 23 heavy (non-hydrogen) atoms. The molecule has 2 aromatic rings. The second kappa shape index (κ2) is 7.49. The third kappa shape index (κ3) is 4.12. The predicted octanol–water partition coefficient (Wildman–Crippen LogP) is 2.21. The van der Waals surface area contributed by atoms with Crippen LogP contribution in [-0.4, -0.2) is 30.1 Å². The fourth-order valence-electron chi connectivity index (χ4n) is 2.30. The normalized spacial score (nSPS) is 10.9. The zero-order chi connectivity index (χ0) is 16.8. The first kappa shape index (κ1) is 16.6. The van der Waals surface area contributed by atoms with Crippen LogP contribution in [0, 0.1) is 13.8 Å². The van der Waals surface area contributed by atoms with Crippen molar-refractivity contribution in [2.24, 2.45) is 0 Å². The van der Waals surface area contributed by atoms with Gasteiger partial charge in [0.05, 0.1) is 25.5 Å². The van der Waals surface area contributed by atoms with Gasteiger partial charge in [-0.1, -0.05) is 6.08 Å². The maximum Gasteiger partial charge on any atom is 0.330 e. The lowest BCUT2D eigenvalue weighted by Crippen LogP contribution is -2.24. The molecular weight excluding hydrogens is 296 g/mol. The van der Waals surface area contributed by atoms with Crippen LogP contribution in [0.5, 0.6) is 0 Å². The largest absolute Gasteiger partial charge is 0.467 e. The Kier molecular flexibility index (Phi) is 5.41. The van der Waals surface area contributed by atoms with Gasteiger partial charge in [0.2, 0.25) is 0 Å². The number of hydrogen-bond acceptors (Lipinski definition) is 4. The maximum absolute atomic E-state index is 12.2. The van der Waals surface area contributed by atoms with Crippen molar-refractivity contribution in [3.8, 4) is 0 Å². The summed E-state index contributed by atoms with van der Waals surface area (Å²) < 4.78 is 11.9. The molecule has 0 unspecified atom stereocenters. The predicted molar refractivity (Wildman–Crippen MR) is 85.2 cm³/mol. The van der Waals surface area contributed by atoms with Gasteiger partial charge in [0.15, 0.2) is 0 Å². The van der Waals surface area contributed by atoms with Crippen molar-refractivity contribution < 1.29 is 18.7 Å². The minimum Gasteiger partial charge on any atom is -0.467 e. The molecule has 0 radical (unpaired) electrons. The Morgan fingerprint density at radius 1 is 1.39 bits per heavy atom. The monoisotopic (exact) mass is 316 g/mol. The number of rotatable bonds is 6. The maximum atomic E-state index is 12.2. The van der Waals surface area contributed by atoms with Crippen molar-refractivity contribution >= 4 is 11.9 Å². The molecule has 0 fully saturated rings. The van der Waals surface area contributed by atoms with Crippen molar-refractivity contribution in [2.75, 3.05) is 13.7 Å². The number of ether oxygens (including phenoxy) is 1. The van der Waals surface area contributed by atoms with Gasteiger partial charge in [-0.15, -0.1) is 0 Å². The molecule has 0 aliphatic rings. The van der Waals surface area contributed by atoms with E-state index in [4.69, 9.17) is 4.42 Å². The second-order valence-corrected chi connectivity index (χ2v) is 5.09. The summed E-state index contributed by atoms with van der Waals surface area (Å²) in [4.78, 5) is 23.2. The number of carbonyl (C=O) groups excluding carboxylic acids is 2. The van der Waals surface area contributed by atoms with E-state index in [1.54, 1.807) is 12.3 Å². The molecule has 0 spiro atoms. The number of amides is 1. The Morgan fingerprint density at radius 2 is 2.17 bits per heavy atom. The minimum absolute atomic E-state index is 0.182. The molecule has 6 heteroatoms. The van der Waals surface area contributed by atoms with Gasteiger partial charge in [-0.05, 0) is 32.0 Å². The van der Waals surface area contributed by atoms with E-state index in [1.807, 2.05) is 36.6 Å². The van der Waals surface area contributed by atoms with Gasteiger partial charge >= 0.3 is 5.97 Å². The highest BCUT2D eigenvalue weighted by Crippen LogP contribution is 2.17. The van der Waals surface area contributed by atoms with Gasteiger partial charge in [-0.2, -0.15) is 0 Å². The highest BCUT2D eigenvalue weighted by molar-refractivity contribution is 5.95. The van der Waals surface area contributed by atoms with Crippen LogP contribution in [0.1, 0.15) is 27.5 Å². The molecular formula is C17H20N2O4. The van der Waals surface area contributed by atoms with Crippen molar-refractivity contribution in [1.82, 2.24) is 9.88 Å². The van der Waals surface area contributed by atoms with Crippen LogP contribution < -0.4 is 5.32 Å². The number of aromatic nitrogens is 1. The summed E-state index contributed by atoms with van der Waals surface area (Å²) in [6, 6.07) is 5.58. The first-order valence-corrected chi connectivity index (χ1v) is 7.24. The molecule has 1 N–H and O–H groups in total. The van der Waals surface area contributed by atoms with Crippen LogP contribution in [0.4, 0.5) is 0 Å². The zero-order valence-corrected chi connectivity index (χ0v) is 13.5. The minimum atomic E-state index is -0.448. The van der Waals surface area contributed by atoms with E-state index < -0.39 is 5.97 Å². The lowest BCUT2D eigenvalue weighted by molar-refractivity contribution is -0.134. The molecule has 0 bridgehead atoms. The van der Waals surface area contributed by atoms with E-state index in [0.29, 0.717) is 12.1 Å². The summed E-state index contributed by atoms with van der Waals surface area (Å²) in [7, 11) is 1.30. The number of carbonyl (C=O) groups is 2. The summed E-state index contributed by atoms with van der Waals surface area (Å²) in [5.74, 6) is 0.203. The fraction of sp³-hybridized carbons (Fsp3) is 0.294. The Hall–Kier alpha value is -2.76. The molecule has 0 saturated heterocycles. The van der Waals surface area contributed by atoms with Crippen molar-refractivity contribution in [3.63, 3.8) is 0 Å². The zero-order valence-electron chi connectivity index (χ0n) is 13.5. The molecule has 0 aromatic carbocycles. The smallest absolute Gasteiger partial charge is 0.330 e. The highest BCUT2D eigenvalue weighted by Gasteiger charge is 2.15. The third-order valence-electron chi connectivity index (χ3n) is 3.55. The Balaban J connectivity index is 2.04. The van der Waals surface area contributed by atoms with Crippen LogP contribution in [0.3, 0.4) is 0 Å². The summed E-state index contributed by atoms with van der Waals surface area (Å²) in [5.41, 5.74) is 2.46. The Morgan fingerprint density at radius 3 is 2.83 bits per heavy atom. The van der Waals surface area contributed by atoms with Crippen LogP contribution in [-0.2, 0) is 16.1 Å². The Bertz CT molecular complexity index is 711. The standard InChI is InChI=1S/C17H20N2O4/c1-12-10-15(17(21)18-8-4-7-16(20)22-3)13(2)19(12)11-14-6-5-9-23-14/h4-7,9-10H,8,11H2,1-3H3,(H,18,21)/b7-4+. The molecule has 122 valence electrons. The molecule has 0 atom stereocenters. The second-order valence-electron chi connectivity index (χ2n) is 5.09. The van der Waals surface area contributed by atoms with E-state index in [0.717, 1.165) is 17.1 Å². The average Bonchev–Trinajstić information content (AvgIpc) is 3.14.